The largest absolute Gasteiger partial charge is 1.00 e. The van der Waals surface area contributed by atoms with Crippen LogP contribution in [0.15, 0.2) is 66.7 Å². The van der Waals surface area contributed by atoms with E-state index in [1.54, 1.807) is 6.07 Å². The van der Waals surface area contributed by atoms with Crippen molar-refractivity contribution >= 4 is 39.6 Å². The molecule has 0 saturated heterocycles. The first kappa shape index (κ1) is 16.9. The normalized spacial score (nSPS) is 10.7. The summed E-state index contributed by atoms with van der Waals surface area (Å²) in [6.45, 7) is 0. The van der Waals surface area contributed by atoms with Gasteiger partial charge in [0.25, 0.3) is 0 Å². The van der Waals surface area contributed by atoms with Crippen LogP contribution in [0.5, 0.6) is 5.75 Å². The Morgan fingerprint density at radius 2 is 1.26 bits per heavy atom. The minimum absolute atomic E-state index is 0. The summed E-state index contributed by atoms with van der Waals surface area (Å²) in [5.41, 5.74) is 0. The average Bonchev–Trinajstić information content (AvgIpc) is 2.51. The molecule has 0 spiro atoms. The Labute approximate surface area is 178 Å². The number of benzene rings is 4. The Balaban J connectivity index is 0.00000104. The minimum Gasteiger partial charge on any atom is -1.00 e. The topological polar surface area (TPSA) is 49.7 Å². The Hall–Kier alpha value is -0.919. The van der Waals surface area contributed by atoms with Gasteiger partial charge in [-0.3, -0.25) is 0 Å². The Bertz CT molecular complexity index is 1010. The number of fused-ring (bicyclic) bond motifs is 3. The molecule has 108 valence electrons. The molecule has 0 unspecified atom stereocenters. The first-order valence-electron chi connectivity index (χ1n) is 7.09. The van der Waals surface area contributed by atoms with E-state index < -0.39 is 7.32 Å². The fourth-order valence-electron chi connectivity index (χ4n) is 2.91. The van der Waals surface area contributed by atoms with Gasteiger partial charge in [0, 0.05) is 5.39 Å². The first-order chi connectivity index (χ1) is 10.7. The van der Waals surface area contributed by atoms with Crippen molar-refractivity contribution < 1.29 is 67.5 Å². The second-order valence-electron chi connectivity index (χ2n) is 5.32. The summed E-state index contributed by atoms with van der Waals surface area (Å²) in [5.74, 6) is 0.461. The molecule has 5 heteroatoms. The molecule has 4 rings (SSSR count). The van der Waals surface area contributed by atoms with Crippen molar-refractivity contribution in [3.8, 4) is 5.75 Å². The van der Waals surface area contributed by atoms with Crippen molar-refractivity contribution in [2.75, 3.05) is 0 Å². The summed E-state index contributed by atoms with van der Waals surface area (Å²) in [6.07, 6.45) is 0. The first-order valence-corrected chi connectivity index (χ1v) is 7.09. The third-order valence-electron chi connectivity index (χ3n) is 3.89. The second kappa shape index (κ2) is 6.91. The molecule has 0 bridgehead atoms. The quantitative estimate of drug-likeness (QED) is 0.419. The number of hydrogen-bond donors (Lipinski definition) is 2. The molecule has 0 radical (unpaired) electrons. The molecule has 0 fully saturated rings. The Kier molecular flexibility index (Phi) is 5.08. The maximum atomic E-state index is 9.05. The molecule has 0 saturated carbocycles. The molecule has 0 aliphatic rings. The van der Waals surface area contributed by atoms with Gasteiger partial charge in [0.2, 0.25) is 0 Å². The van der Waals surface area contributed by atoms with Gasteiger partial charge in [0.1, 0.15) is 5.75 Å². The molecule has 2 N–H and O–H groups in total. The molecule has 0 aliphatic carbocycles. The van der Waals surface area contributed by atoms with Gasteiger partial charge in [-0.2, -0.15) is 0 Å². The maximum absolute atomic E-state index is 9.05. The van der Waals surface area contributed by atoms with Gasteiger partial charge in [-0.1, -0.05) is 36.4 Å². The van der Waals surface area contributed by atoms with Crippen LogP contribution in [0.2, 0.25) is 0 Å². The van der Waals surface area contributed by atoms with Gasteiger partial charge < -0.3 is 16.1 Å². The molecule has 4 aromatic rings. The molecule has 23 heavy (non-hydrogen) atoms. The van der Waals surface area contributed by atoms with Crippen LogP contribution in [0.1, 0.15) is 1.43 Å². The summed E-state index contributed by atoms with van der Waals surface area (Å²) in [7, 11) is -1.82. The number of rotatable bonds is 2. The average molecular weight is 328 g/mol. The summed E-state index contributed by atoms with van der Waals surface area (Å²) in [6, 6.07) is 22.2. The molecular weight excluding hydrogens is 314 g/mol. The van der Waals surface area contributed by atoms with Gasteiger partial charge in [0.15, 0.2) is 0 Å². The molecule has 0 aromatic heterocycles. The van der Waals surface area contributed by atoms with Crippen molar-refractivity contribution in [1.82, 2.24) is 0 Å². The van der Waals surface area contributed by atoms with E-state index in [4.69, 9.17) is 14.7 Å². The van der Waals surface area contributed by atoms with Crippen LogP contribution in [0.4, 0.5) is 0 Å². The van der Waals surface area contributed by atoms with Gasteiger partial charge in [-0.15, -0.1) is 0 Å². The maximum Gasteiger partial charge on any atom is 1.00 e. The summed E-state index contributed by atoms with van der Waals surface area (Å²) >= 11 is 0. The van der Waals surface area contributed by atoms with E-state index in [9.17, 15) is 0 Å². The molecule has 0 atom stereocenters. The van der Waals surface area contributed by atoms with Crippen LogP contribution in [-0.4, -0.2) is 17.4 Å². The van der Waals surface area contributed by atoms with Crippen molar-refractivity contribution in [3.05, 3.63) is 66.7 Å². The zero-order chi connectivity index (χ0) is 15.1. The third-order valence-corrected chi connectivity index (χ3v) is 3.89. The van der Waals surface area contributed by atoms with E-state index in [0.29, 0.717) is 5.75 Å². The standard InChI is InChI=1S/C18H13BO3.K.H/c20-19(21)22-18-7-3-6-14-10-15-8-12-4-1-2-5-13(12)9-16(15)11-17(14)18;;/h1-11,20-21H;;/q;+1;-1. The van der Waals surface area contributed by atoms with Gasteiger partial charge >= 0.3 is 58.7 Å². The van der Waals surface area contributed by atoms with E-state index in [0.717, 1.165) is 21.5 Å². The molecule has 0 aliphatic heterocycles. The molecule has 0 amide bonds. The zero-order valence-electron chi connectivity index (χ0n) is 13.7. The Morgan fingerprint density at radius 1 is 0.696 bits per heavy atom. The smallest absolute Gasteiger partial charge is 1.00 e. The van der Waals surface area contributed by atoms with E-state index in [1.807, 2.05) is 30.3 Å². The van der Waals surface area contributed by atoms with Crippen molar-refractivity contribution in [1.29, 1.82) is 0 Å². The second-order valence-corrected chi connectivity index (χ2v) is 5.32. The fourth-order valence-corrected chi connectivity index (χ4v) is 2.91. The van der Waals surface area contributed by atoms with E-state index in [2.05, 4.69) is 30.3 Å². The fraction of sp³-hybridized carbons (Fsp3) is 0. The van der Waals surface area contributed by atoms with Gasteiger partial charge in [-0.05, 0) is 57.3 Å². The van der Waals surface area contributed by atoms with Crippen molar-refractivity contribution in [3.63, 3.8) is 0 Å². The van der Waals surface area contributed by atoms with E-state index >= 15 is 0 Å². The summed E-state index contributed by atoms with van der Waals surface area (Å²) < 4.78 is 5.07. The third kappa shape index (κ3) is 3.32. The predicted octanol–water partition coefficient (Wildman–Crippen LogP) is 0.611. The van der Waals surface area contributed by atoms with Crippen LogP contribution in [0.3, 0.4) is 0 Å². The zero-order valence-corrected chi connectivity index (χ0v) is 15.9. The summed E-state index contributed by atoms with van der Waals surface area (Å²) in [4.78, 5) is 0. The number of hydrogen-bond acceptors (Lipinski definition) is 3. The van der Waals surface area contributed by atoms with E-state index in [-0.39, 0.29) is 52.8 Å². The summed E-state index contributed by atoms with van der Waals surface area (Å²) in [5, 5.41) is 24.6. The van der Waals surface area contributed by atoms with Crippen molar-refractivity contribution in [2.45, 2.75) is 0 Å². The van der Waals surface area contributed by atoms with Crippen LogP contribution >= 0.6 is 0 Å². The van der Waals surface area contributed by atoms with Crippen molar-refractivity contribution in [2.24, 2.45) is 0 Å². The SMILES string of the molecule is OB(O)Oc1cccc2cc3cc4ccccc4cc3cc12.[H-].[K+]. The minimum atomic E-state index is -1.82. The molecule has 0 heterocycles. The van der Waals surface area contributed by atoms with E-state index in [1.165, 1.54) is 10.8 Å². The van der Waals surface area contributed by atoms with Gasteiger partial charge in [0.05, 0.1) is 0 Å². The monoisotopic (exact) mass is 328 g/mol. The molecule has 3 nitrogen and oxygen atoms in total. The molecule has 4 aromatic carbocycles. The molecular formula is C18H14BKO3. The van der Waals surface area contributed by atoms with Crippen LogP contribution in [0, 0.1) is 0 Å². The van der Waals surface area contributed by atoms with Crippen LogP contribution in [0.25, 0.3) is 32.3 Å². The van der Waals surface area contributed by atoms with Crippen LogP contribution in [-0.2, 0) is 0 Å². The predicted molar refractivity (Wildman–Crippen MR) is 90.9 cm³/mol. The van der Waals surface area contributed by atoms with Crippen LogP contribution < -0.4 is 56.0 Å². The van der Waals surface area contributed by atoms with Gasteiger partial charge in [-0.25, -0.2) is 0 Å². The Morgan fingerprint density at radius 3 is 1.91 bits per heavy atom.